The van der Waals surface area contributed by atoms with E-state index in [2.05, 4.69) is 46.4 Å². The highest BCUT2D eigenvalue weighted by molar-refractivity contribution is 5.79. The van der Waals surface area contributed by atoms with E-state index in [0.717, 1.165) is 24.8 Å². The molecule has 3 aliphatic rings. The van der Waals surface area contributed by atoms with Crippen molar-refractivity contribution in [2.24, 2.45) is 0 Å². The fourth-order valence-corrected chi connectivity index (χ4v) is 6.42. The Bertz CT molecular complexity index is 1220. The molecule has 7 heteroatoms. The van der Waals surface area contributed by atoms with E-state index in [1.165, 1.54) is 22.3 Å². The van der Waals surface area contributed by atoms with Gasteiger partial charge in [0.15, 0.2) is 0 Å². The molecule has 3 heterocycles. The molecular formula is C29H32N4O3. The molecule has 0 spiro atoms. The molecule has 2 fully saturated rings. The van der Waals surface area contributed by atoms with E-state index in [9.17, 15) is 9.90 Å². The molecule has 2 aromatic carbocycles. The first-order valence-corrected chi connectivity index (χ1v) is 12.8. The molecule has 3 aromatic rings. The minimum atomic E-state index is -1.04. The summed E-state index contributed by atoms with van der Waals surface area (Å²) >= 11 is 0. The topological polar surface area (TPSA) is 78.8 Å². The number of aliphatic hydroxyl groups is 1. The van der Waals surface area contributed by atoms with Crippen LogP contribution in [0.25, 0.3) is 11.1 Å². The average Bonchev–Trinajstić information content (AvgIpc) is 3.20. The van der Waals surface area contributed by atoms with E-state index < -0.39 is 5.60 Å². The van der Waals surface area contributed by atoms with Crippen molar-refractivity contribution in [3.05, 3.63) is 77.6 Å². The monoisotopic (exact) mass is 484 g/mol. The summed E-state index contributed by atoms with van der Waals surface area (Å²) < 4.78 is 6.01. The van der Waals surface area contributed by atoms with Crippen molar-refractivity contribution in [2.45, 2.75) is 55.7 Å². The van der Waals surface area contributed by atoms with Gasteiger partial charge in [-0.1, -0.05) is 48.5 Å². The lowest BCUT2D eigenvalue weighted by molar-refractivity contribution is -0.0894. The number of hydrogen-bond donors (Lipinski definition) is 1. The van der Waals surface area contributed by atoms with Gasteiger partial charge in [0.2, 0.25) is 5.95 Å². The molecule has 186 valence electrons. The fraction of sp³-hybridized carbons (Fsp3) is 0.414. The molecule has 2 aliphatic heterocycles. The number of aromatic nitrogens is 2. The normalized spacial score (nSPS) is 24.7. The van der Waals surface area contributed by atoms with Crippen LogP contribution in [0.2, 0.25) is 0 Å². The van der Waals surface area contributed by atoms with E-state index in [-0.39, 0.29) is 24.1 Å². The summed E-state index contributed by atoms with van der Waals surface area (Å²) in [5, 5.41) is 11.6. The standard InChI is InChI=1S/C29H32N4O3/c1-32(2)27-30-16-19(17-31-27)29(35)14-20-8-7-9-21(15-29)33(20)28(34)36-18-26-24-12-5-3-10-22(24)23-11-4-6-13-25(23)26/h3-6,10-13,16-17,20-21,26,35H,7-9,14-15,18H2,1-2H3. The van der Waals surface area contributed by atoms with Gasteiger partial charge in [0.1, 0.15) is 6.61 Å². The maximum absolute atomic E-state index is 13.5. The van der Waals surface area contributed by atoms with Crippen LogP contribution in [0.15, 0.2) is 60.9 Å². The molecule has 1 N–H and O–H groups in total. The minimum absolute atomic E-state index is 0.0373. The van der Waals surface area contributed by atoms with Crippen LogP contribution in [-0.4, -0.2) is 58.9 Å². The molecule has 1 amide bonds. The van der Waals surface area contributed by atoms with Crippen LogP contribution >= 0.6 is 0 Å². The quantitative estimate of drug-likeness (QED) is 0.579. The van der Waals surface area contributed by atoms with Crippen molar-refractivity contribution in [3.63, 3.8) is 0 Å². The van der Waals surface area contributed by atoms with E-state index in [0.29, 0.717) is 25.4 Å². The summed E-state index contributed by atoms with van der Waals surface area (Å²) in [5.41, 5.74) is 4.54. The van der Waals surface area contributed by atoms with E-state index in [1.54, 1.807) is 12.4 Å². The van der Waals surface area contributed by atoms with Crippen molar-refractivity contribution in [1.82, 2.24) is 14.9 Å². The molecule has 0 saturated carbocycles. The Labute approximate surface area is 211 Å². The van der Waals surface area contributed by atoms with Crippen LogP contribution < -0.4 is 4.90 Å². The van der Waals surface area contributed by atoms with Crippen molar-refractivity contribution in [3.8, 4) is 11.1 Å². The van der Waals surface area contributed by atoms with E-state index in [4.69, 9.17) is 4.74 Å². The third-order valence-corrected chi connectivity index (χ3v) is 8.13. The fourth-order valence-electron chi connectivity index (χ4n) is 6.42. The summed E-state index contributed by atoms with van der Waals surface area (Å²) in [6.07, 6.45) is 6.89. The van der Waals surface area contributed by atoms with Crippen LogP contribution in [0, 0.1) is 0 Å². The number of ether oxygens (including phenoxy) is 1. The van der Waals surface area contributed by atoms with Crippen LogP contribution in [0.4, 0.5) is 10.7 Å². The van der Waals surface area contributed by atoms with Crippen molar-refractivity contribution in [2.75, 3.05) is 25.6 Å². The maximum Gasteiger partial charge on any atom is 0.410 e. The smallest absolute Gasteiger partial charge is 0.410 e. The molecule has 36 heavy (non-hydrogen) atoms. The summed E-state index contributed by atoms with van der Waals surface area (Å²) in [5.74, 6) is 0.647. The van der Waals surface area contributed by atoms with Crippen LogP contribution in [0.1, 0.15) is 54.7 Å². The van der Waals surface area contributed by atoms with Gasteiger partial charge < -0.3 is 19.6 Å². The summed E-state index contributed by atoms with van der Waals surface area (Å²) in [4.78, 5) is 26.0. The lowest BCUT2D eigenvalue weighted by Crippen LogP contribution is -2.59. The Morgan fingerprint density at radius 1 is 1.00 bits per heavy atom. The first-order chi connectivity index (χ1) is 17.4. The van der Waals surface area contributed by atoms with Gasteiger partial charge in [-0.15, -0.1) is 0 Å². The number of carbonyl (C=O) groups is 1. The second-order valence-electron chi connectivity index (χ2n) is 10.6. The molecule has 2 saturated heterocycles. The molecule has 6 rings (SSSR count). The third kappa shape index (κ3) is 3.82. The van der Waals surface area contributed by atoms with Gasteiger partial charge in [0.05, 0.1) is 5.60 Å². The van der Waals surface area contributed by atoms with Crippen LogP contribution in [0.5, 0.6) is 0 Å². The second kappa shape index (κ2) is 8.89. The zero-order chi connectivity index (χ0) is 24.9. The lowest BCUT2D eigenvalue weighted by Gasteiger charge is -2.51. The van der Waals surface area contributed by atoms with Gasteiger partial charge in [-0.2, -0.15) is 0 Å². The molecule has 0 radical (unpaired) electrons. The molecule has 7 nitrogen and oxygen atoms in total. The van der Waals surface area contributed by atoms with Gasteiger partial charge in [-0.05, 0) is 41.5 Å². The number of piperidine rings is 2. The Hall–Kier alpha value is -3.45. The highest BCUT2D eigenvalue weighted by Gasteiger charge is 2.49. The van der Waals surface area contributed by atoms with Crippen molar-refractivity contribution in [1.29, 1.82) is 0 Å². The number of hydrogen-bond acceptors (Lipinski definition) is 6. The Morgan fingerprint density at radius 2 is 1.56 bits per heavy atom. The summed E-state index contributed by atoms with van der Waals surface area (Å²) in [6, 6.07) is 16.6. The number of nitrogens with zero attached hydrogens (tertiary/aromatic N) is 4. The number of fused-ring (bicyclic) bond motifs is 5. The summed E-state index contributed by atoms with van der Waals surface area (Å²) in [6.45, 7) is 0.312. The highest BCUT2D eigenvalue weighted by atomic mass is 16.6. The predicted octanol–water partition coefficient (Wildman–Crippen LogP) is 4.70. The van der Waals surface area contributed by atoms with Crippen LogP contribution in [-0.2, 0) is 10.3 Å². The SMILES string of the molecule is CN(C)c1ncc(C2(O)CC3CCCC(C2)N3C(=O)OCC2c3ccccc3-c3ccccc32)cn1. The minimum Gasteiger partial charge on any atom is -0.448 e. The maximum atomic E-state index is 13.5. The molecule has 2 unspecified atom stereocenters. The van der Waals surface area contributed by atoms with Crippen molar-refractivity contribution < 1.29 is 14.6 Å². The molecule has 2 bridgehead atoms. The Kier molecular flexibility index (Phi) is 5.67. The number of amides is 1. The van der Waals surface area contributed by atoms with E-state index >= 15 is 0 Å². The first-order valence-electron chi connectivity index (χ1n) is 12.8. The number of benzene rings is 2. The number of rotatable bonds is 4. The van der Waals surface area contributed by atoms with Gasteiger partial charge >= 0.3 is 6.09 Å². The Balaban J connectivity index is 1.19. The molecular weight excluding hydrogens is 452 g/mol. The molecule has 1 aliphatic carbocycles. The largest absolute Gasteiger partial charge is 0.448 e. The Morgan fingerprint density at radius 3 is 2.11 bits per heavy atom. The average molecular weight is 485 g/mol. The van der Waals surface area contributed by atoms with Crippen molar-refractivity contribution >= 4 is 12.0 Å². The lowest BCUT2D eigenvalue weighted by atomic mass is 9.73. The molecule has 1 aromatic heterocycles. The highest BCUT2D eigenvalue weighted by Crippen LogP contribution is 2.46. The first kappa shape index (κ1) is 23.0. The zero-order valence-corrected chi connectivity index (χ0v) is 20.8. The summed E-state index contributed by atoms with van der Waals surface area (Å²) in [7, 11) is 3.78. The third-order valence-electron chi connectivity index (χ3n) is 8.13. The van der Waals surface area contributed by atoms with Gasteiger partial charge in [-0.3, -0.25) is 0 Å². The molecule has 2 atom stereocenters. The number of anilines is 1. The predicted molar refractivity (Wildman–Crippen MR) is 138 cm³/mol. The van der Waals surface area contributed by atoms with Gasteiger partial charge in [0, 0.05) is 62.9 Å². The zero-order valence-electron chi connectivity index (χ0n) is 20.8. The number of carbonyl (C=O) groups excluding carboxylic acids is 1. The van der Waals surface area contributed by atoms with Crippen LogP contribution in [0.3, 0.4) is 0 Å². The van der Waals surface area contributed by atoms with Gasteiger partial charge in [-0.25, -0.2) is 14.8 Å². The second-order valence-corrected chi connectivity index (χ2v) is 10.6. The van der Waals surface area contributed by atoms with Gasteiger partial charge in [0.25, 0.3) is 0 Å². The van der Waals surface area contributed by atoms with E-state index in [1.807, 2.05) is 36.0 Å².